The Morgan fingerprint density at radius 3 is 2.67 bits per heavy atom. The van der Waals surface area contributed by atoms with Crippen molar-refractivity contribution < 1.29 is 8.42 Å². The van der Waals surface area contributed by atoms with Crippen LogP contribution in [0.5, 0.6) is 0 Å². The van der Waals surface area contributed by atoms with Gasteiger partial charge in [-0.1, -0.05) is 6.92 Å². The molecule has 0 spiro atoms. The zero-order valence-electron chi connectivity index (χ0n) is 11.4. The largest absolute Gasteiger partial charge is 0.313 e. The van der Waals surface area contributed by atoms with Crippen LogP contribution in [0.15, 0.2) is 15.7 Å². The van der Waals surface area contributed by atoms with Gasteiger partial charge in [-0.2, -0.15) is 4.31 Å². The molecular weight excluding hydrogens is 268 g/mol. The first kappa shape index (κ1) is 15.6. The molecule has 1 aromatic rings. The molecule has 0 aliphatic rings. The van der Waals surface area contributed by atoms with Crippen LogP contribution < -0.4 is 5.32 Å². The van der Waals surface area contributed by atoms with Gasteiger partial charge >= 0.3 is 0 Å². The van der Waals surface area contributed by atoms with E-state index in [0.717, 1.165) is 25.1 Å². The first-order chi connectivity index (χ1) is 8.39. The maximum atomic E-state index is 12.2. The molecule has 104 valence electrons. The first-order valence-electron chi connectivity index (χ1n) is 6.15. The SMILES string of the molecule is CCCNCc1csc(S(=O)(=O)N(C)C(C)C)c1. The summed E-state index contributed by atoms with van der Waals surface area (Å²) in [5.74, 6) is 0. The van der Waals surface area contributed by atoms with Gasteiger partial charge in [-0.15, -0.1) is 11.3 Å². The van der Waals surface area contributed by atoms with Crippen LogP contribution in [-0.2, 0) is 16.6 Å². The van der Waals surface area contributed by atoms with E-state index in [1.54, 1.807) is 13.1 Å². The van der Waals surface area contributed by atoms with Crippen molar-refractivity contribution in [3.8, 4) is 0 Å². The van der Waals surface area contributed by atoms with Crippen LogP contribution >= 0.6 is 11.3 Å². The number of nitrogens with zero attached hydrogens (tertiary/aromatic N) is 1. The maximum Gasteiger partial charge on any atom is 0.252 e. The lowest BCUT2D eigenvalue weighted by atomic mass is 10.3. The van der Waals surface area contributed by atoms with E-state index >= 15 is 0 Å². The highest BCUT2D eigenvalue weighted by Gasteiger charge is 2.24. The lowest BCUT2D eigenvalue weighted by molar-refractivity contribution is 0.412. The van der Waals surface area contributed by atoms with Gasteiger partial charge < -0.3 is 5.32 Å². The van der Waals surface area contributed by atoms with Crippen molar-refractivity contribution in [3.05, 3.63) is 17.0 Å². The Kier molecular flexibility index (Phi) is 5.78. The van der Waals surface area contributed by atoms with Crippen molar-refractivity contribution in [2.24, 2.45) is 0 Å². The van der Waals surface area contributed by atoms with Crippen LogP contribution in [-0.4, -0.2) is 32.4 Å². The second-order valence-corrected chi connectivity index (χ2v) is 7.70. The van der Waals surface area contributed by atoms with Gasteiger partial charge in [-0.3, -0.25) is 0 Å². The molecule has 1 aromatic heterocycles. The molecular formula is C12H22N2O2S2. The fraction of sp³-hybridized carbons (Fsp3) is 0.667. The van der Waals surface area contributed by atoms with Crippen LogP contribution in [0.3, 0.4) is 0 Å². The summed E-state index contributed by atoms with van der Waals surface area (Å²) in [5.41, 5.74) is 1.03. The highest BCUT2D eigenvalue weighted by molar-refractivity contribution is 7.91. The zero-order chi connectivity index (χ0) is 13.8. The minimum Gasteiger partial charge on any atom is -0.313 e. The Morgan fingerprint density at radius 2 is 2.11 bits per heavy atom. The smallest absolute Gasteiger partial charge is 0.252 e. The fourth-order valence-electron chi connectivity index (χ4n) is 1.41. The lowest BCUT2D eigenvalue weighted by Crippen LogP contribution is -2.32. The molecule has 4 nitrogen and oxygen atoms in total. The number of thiophene rings is 1. The molecule has 0 radical (unpaired) electrons. The minimum absolute atomic E-state index is 0.0289. The van der Waals surface area contributed by atoms with Gasteiger partial charge in [0.2, 0.25) is 0 Å². The molecule has 6 heteroatoms. The van der Waals surface area contributed by atoms with Gasteiger partial charge in [0.15, 0.2) is 0 Å². The fourth-order valence-corrected chi connectivity index (χ4v) is 4.17. The molecule has 0 unspecified atom stereocenters. The van der Waals surface area contributed by atoms with Crippen molar-refractivity contribution in [1.82, 2.24) is 9.62 Å². The molecule has 0 aliphatic heterocycles. The molecule has 0 saturated heterocycles. The Balaban J connectivity index is 2.79. The molecule has 1 rings (SSSR count). The highest BCUT2D eigenvalue weighted by Crippen LogP contribution is 2.24. The van der Waals surface area contributed by atoms with Gasteiger partial charge in [0.05, 0.1) is 0 Å². The molecule has 0 fully saturated rings. The van der Waals surface area contributed by atoms with E-state index in [4.69, 9.17) is 0 Å². The van der Waals surface area contributed by atoms with Gasteiger partial charge in [-0.05, 0) is 43.8 Å². The van der Waals surface area contributed by atoms with Crippen molar-refractivity contribution in [2.75, 3.05) is 13.6 Å². The van der Waals surface area contributed by atoms with E-state index in [1.807, 2.05) is 19.2 Å². The standard InChI is InChI=1S/C12H22N2O2S2/c1-5-6-13-8-11-7-12(17-9-11)18(15,16)14(4)10(2)3/h7,9-10,13H,5-6,8H2,1-4H3. The molecule has 1 N–H and O–H groups in total. The van der Waals surface area contributed by atoms with Crippen LogP contribution in [0.4, 0.5) is 0 Å². The normalized spacial score (nSPS) is 12.6. The predicted octanol–water partition coefficient (Wildman–Crippen LogP) is 2.28. The molecule has 0 aliphatic carbocycles. The molecule has 0 aromatic carbocycles. The second kappa shape index (κ2) is 6.65. The second-order valence-electron chi connectivity index (χ2n) is 4.57. The maximum absolute atomic E-state index is 12.2. The summed E-state index contributed by atoms with van der Waals surface area (Å²) in [6, 6.07) is 1.74. The summed E-state index contributed by atoms with van der Waals surface area (Å²) in [4.78, 5) is 0. The first-order valence-corrected chi connectivity index (χ1v) is 8.47. The van der Waals surface area contributed by atoms with Gasteiger partial charge in [0.25, 0.3) is 10.0 Å². The summed E-state index contributed by atoms with van der Waals surface area (Å²) < 4.78 is 26.3. The number of nitrogens with one attached hydrogen (secondary N) is 1. The van der Waals surface area contributed by atoms with E-state index in [-0.39, 0.29) is 6.04 Å². The topological polar surface area (TPSA) is 49.4 Å². The molecule has 0 bridgehead atoms. The quantitative estimate of drug-likeness (QED) is 0.784. The number of sulfonamides is 1. The Bertz CT molecular complexity index is 466. The van der Waals surface area contributed by atoms with E-state index in [1.165, 1.54) is 15.6 Å². The summed E-state index contributed by atoms with van der Waals surface area (Å²) in [6.07, 6.45) is 1.07. The lowest BCUT2D eigenvalue weighted by Gasteiger charge is -2.19. The van der Waals surface area contributed by atoms with Crippen LogP contribution in [0.25, 0.3) is 0 Å². The van der Waals surface area contributed by atoms with E-state index in [0.29, 0.717) is 4.21 Å². The summed E-state index contributed by atoms with van der Waals surface area (Å²) in [6.45, 7) is 7.52. The third-order valence-electron chi connectivity index (χ3n) is 2.75. The van der Waals surface area contributed by atoms with Gasteiger partial charge in [-0.25, -0.2) is 8.42 Å². The third-order valence-corrected chi connectivity index (χ3v) is 6.24. The minimum atomic E-state index is -3.32. The summed E-state index contributed by atoms with van der Waals surface area (Å²) in [7, 11) is -1.70. The van der Waals surface area contributed by atoms with Crippen LogP contribution in [0, 0.1) is 0 Å². The zero-order valence-corrected chi connectivity index (χ0v) is 13.1. The number of rotatable bonds is 7. The summed E-state index contributed by atoms with van der Waals surface area (Å²) >= 11 is 1.29. The van der Waals surface area contributed by atoms with Crippen molar-refractivity contribution in [1.29, 1.82) is 0 Å². The Hall–Kier alpha value is -0.430. The van der Waals surface area contributed by atoms with Crippen LogP contribution in [0.2, 0.25) is 0 Å². The van der Waals surface area contributed by atoms with Crippen molar-refractivity contribution >= 4 is 21.4 Å². The van der Waals surface area contributed by atoms with Crippen molar-refractivity contribution in [3.63, 3.8) is 0 Å². The molecule has 18 heavy (non-hydrogen) atoms. The highest BCUT2D eigenvalue weighted by atomic mass is 32.2. The molecule has 0 atom stereocenters. The average Bonchev–Trinajstić information content (AvgIpc) is 2.77. The van der Waals surface area contributed by atoms with Crippen molar-refractivity contribution in [2.45, 2.75) is 44.0 Å². The van der Waals surface area contributed by atoms with E-state index < -0.39 is 10.0 Å². The number of hydrogen-bond acceptors (Lipinski definition) is 4. The van der Waals surface area contributed by atoms with Gasteiger partial charge in [0.1, 0.15) is 4.21 Å². The Morgan fingerprint density at radius 1 is 1.44 bits per heavy atom. The molecule has 1 heterocycles. The van der Waals surface area contributed by atoms with E-state index in [9.17, 15) is 8.42 Å². The monoisotopic (exact) mass is 290 g/mol. The third kappa shape index (κ3) is 3.78. The predicted molar refractivity (Wildman–Crippen MR) is 76.4 cm³/mol. The van der Waals surface area contributed by atoms with E-state index in [2.05, 4.69) is 12.2 Å². The Labute approximate surface area is 114 Å². The van der Waals surface area contributed by atoms with Crippen LogP contribution in [0.1, 0.15) is 32.8 Å². The number of hydrogen-bond donors (Lipinski definition) is 1. The average molecular weight is 290 g/mol. The summed E-state index contributed by atoms with van der Waals surface area (Å²) in [5, 5.41) is 5.17. The molecule has 0 amide bonds. The van der Waals surface area contributed by atoms with Gasteiger partial charge in [0, 0.05) is 19.6 Å². The molecule has 0 saturated carbocycles.